The Morgan fingerprint density at radius 3 is 0.521 bits per heavy atom. The molecule has 0 aliphatic rings. The van der Waals surface area contributed by atoms with Crippen LogP contribution in [0.15, 0.2) is 439 Å². The number of hydrogen-bond acceptors (Lipinski definition) is 16. The van der Waals surface area contributed by atoms with Crippen molar-refractivity contribution in [2.75, 3.05) is 0 Å². The van der Waals surface area contributed by atoms with Gasteiger partial charge in [-0.15, -0.1) is 0 Å². The molecule has 142 heavy (non-hydrogen) atoms. The van der Waals surface area contributed by atoms with E-state index in [-0.39, 0.29) is 0 Å². The van der Waals surface area contributed by atoms with Gasteiger partial charge >= 0.3 is 0 Å². The maximum atomic E-state index is 5.71. The van der Waals surface area contributed by atoms with Crippen LogP contribution in [0.25, 0.3) is 278 Å². The first-order valence-electron chi connectivity index (χ1n) is 47.1. The van der Waals surface area contributed by atoms with Gasteiger partial charge in [0.1, 0.15) is 0 Å². The smallest absolute Gasteiger partial charge is 0.0978 e. The highest BCUT2D eigenvalue weighted by Gasteiger charge is 2.26. The van der Waals surface area contributed by atoms with Crippen LogP contribution in [0.4, 0.5) is 0 Å². The van der Waals surface area contributed by atoms with E-state index < -0.39 is 0 Å². The van der Waals surface area contributed by atoms with Gasteiger partial charge in [-0.1, -0.05) is 255 Å². The quantitative estimate of drug-likeness (QED) is 0.0777. The van der Waals surface area contributed by atoms with Crippen LogP contribution in [0, 0.1) is 13.8 Å². The first-order valence-corrected chi connectivity index (χ1v) is 47.1. The minimum Gasteiger partial charge on any atom is -0.264 e. The maximum absolute atomic E-state index is 5.71. The van der Waals surface area contributed by atoms with Gasteiger partial charge in [0.2, 0.25) is 0 Å². The lowest BCUT2D eigenvalue weighted by molar-refractivity contribution is 1.25. The summed E-state index contributed by atoms with van der Waals surface area (Å²) in [4.78, 5) is 83.1. The van der Waals surface area contributed by atoms with Gasteiger partial charge in [0.25, 0.3) is 0 Å². The van der Waals surface area contributed by atoms with Crippen molar-refractivity contribution < 1.29 is 0 Å². The van der Waals surface area contributed by atoms with Crippen LogP contribution < -0.4 is 0 Å². The molecule has 0 radical (unpaired) electrons. The number of nitrogens with zero attached hydrogens (tertiary/aromatic N) is 16. The molecule has 0 N–H and O–H groups in total. The molecule has 26 aromatic rings. The molecule has 0 fully saturated rings. The zero-order chi connectivity index (χ0) is 94.2. The second-order valence-corrected chi connectivity index (χ2v) is 35.7. The van der Waals surface area contributed by atoms with Crippen molar-refractivity contribution in [1.82, 2.24) is 79.7 Å². The summed E-state index contributed by atoms with van der Waals surface area (Å²) in [6, 6.07) is 122. The highest BCUT2D eigenvalue weighted by Crippen LogP contribution is 2.48. The van der Waals surface area contributed by atoms with Gasteiger partial charge in [0, 0.05) is 219 Å². The Morgan fingerprint density at radius 1 is 0.134 bits per heavy atom. The first-order chi connectivity index (χ1) is 70.2. The number of fused-ring (bicyclic) bond motifs is 12. The van der Waals surface area contributed by atoms with E-state index in [2.05, 4.69) is 323 Å². The Labute approximate surface area is 815 Å². The summed E-state index contributed by atoms with van der Waals surface area (Å²) in [7, 11) is 0. The zero-order valence-electron chi connectivity index (χ0n) is 76.7. The van der Waals surface area contributed by atoms with Crippen molar-refractivity contribution >= 4 is 87.2 Å². The molecule has 10 aromatic carbocycles. The van der Waals surface area contributed by atoms with Gasteiger partial charge in [-0.25, -0.2) is 39.9 Å². The maximum Gasteiger partial charge on any atom is 0.0978 e. The van der Waals surface area contributed by atoms with E-state index in [0.29, 0.717) is 11.4 Å². The molecule has 0 saturated carbocycles. The van der Waals surface area contributed by atoms with E-state index in [1.165, 1.54) is 0 Å². The second kappa shape index (κ2) is 35.1. The fraction of sp³-hybridized carbons (Fsp3) is 0.0159. The predicted octanol–water partition coefficient (Wildman–Crippen LogP) is 30.2. The summed E-state index contributed by atoms with van der Waals surface area (Å²) in [6.07, 6.45) is 26.2. The van der Waals surface area contributed by atoms with Crippen molar-refractivity contribution in [3.05, 3.63) is 450 Å². The Hall–Kier alpha value is -19.3. The van der Waals surface area contributed by atoms with Crippen molar-refractivity contribution in [1.29, 1.82) is 0 Å². The minimum atomic E-state index is 0.709. The summed E-state index contributed by atoms with van der Waals surface area (Å²) in [6.45, 7) is 4.26. The van der Waals surface area contributed by atoms with Crippen LogP contribution in [-0.4, -0.2) is 79.7 Å². The molecule has 662 valence electrons. The van der Waals surface area contributed by atoms with Crippen LogP contribution >= 0.6 is 0 Å². The molecule has 0 aliphatic carbocycles. The van der Waals surface area contributed by atoms with Gasteiger partial charge in [-0.2, -0.15) is 0 Å². The van der Waals surface area contributed by atoms with Gasteiger partial charge in [0.15, 0.2) is 0 Å². The molecule has 16 nitrogen and oxygen atoms in total. The lowest BCUT2D eigenvalue weighted by atomic mass is 9.93. The molecular weight excluding hydrogens is 1740 g/mol. The summed E-state index contributed by atoms with van der Waals surface area (Å²) in [5.41, 5.74) is 39.3. The third-order valence-electron chi connectivity index (χ3n) is 27.2. The van der Waals surface area contributed by atoms with Gasteiger partial charge in [-0.05, 0) is 167 Å². The van der Waals surface area contributed by atoms with Crippen LogP contribution in [-0.2, 0) is 0 Å². The number of rotatable bonds is 17. The van der Waals surface area contributed by atoms with Gasteiger partial charge in [0.05, 0.1) is 101 Å². The Kier molecular flexibility index (Phi) is 20.6. The summed E-state index contributed by atoms with van der Waals surface area (Å²) < 4.78 is 0. The van der Waals surface area contributed by atoms with Crippen molar-refractivity contribution in [3.8, 4) is 190 Å². The van der Waals surface area contributed by atoms with Crippen LogP contribution in [0.5, 0.6) is 0 Å². The summed E-state index contributed by atoms with van der Waals surface area (Å²) in [5, 5.41) is 7.58. The fourth-order valence-electron chi connectivity index (χ4n) is 20.1. The first kappa shape index (κ1) is 83.3. The van der Waals surface area contributed by atoms with E-state index in [1.54, 1.807) is 18.6 Å². The highest BCUT2D eigenvalue weighted by atomic mass is 14.8. The third-order valence-corrected chi connectivity index (χ3v) is 27.2. The minimum absolute atomic E-state index is 0.709. The molecule has 0 unspecified atom stereocenters. The molecule has 16 heterocycles. The number of aryl methyl sites for hydroxylation is 2. The number of pyridine rings is 16. The average Bonchev–Trinajstić information content (AvgIpc) is 0.749. The standard InChI is InChI=1S/C126H78N16/c1-75-19-9-11-31-91(75)117-65-107(88-30-18-58-132-72-88)99-49-46-96-104(86-28-16-56-130-70-86)62-115(139-123(96)125(99)141-117)81-37-39-82(40-38-81)116-63-105(87-29-17-57-131-71-87)97-47-50-100-108(66-118(142-126(100)124(97)140-116)92-32-12-10-20-76(92)2)90-42-52-110(134-74-90)109-51-41-89(73-133-109)106-64-112(78-23-7-4-8-24-78)136-122-98(106)48-45-95-103(85-27-15-55-129-69-85)61-114(138-121(95)122)80-35-33-79(34-36-80)113-60-102(84-26-14-54-128-68-84)94-44-43-93-101(83-25-13-53-127-67-83)59-111(77-21-5-3-6-22-77)135-119(93)120(94)137-113/h3-74H,1-2H3. The molecular formula is C126H78N16. The lowest BCUT2D eigenvalue weighted by Crippen LogP contribution is -1.97. The number of benzene rings is 10. The number of aromatic nitrogens is 16. The number of hydrogen-bond donors (Lipinski definition) is 0. The summed E-state index contributed by atoms with van der Waals surface area (Å²) in [5.74, 6) is 0. The molecule has 0 amide bonds. The van der Waals surface area contributed by atoms with Crippen molar-refractivity contribution in [2.24, 2.45) is 0 Å². The Bertz CT molecular complexity index is 9480. The monoisotopic (exact) mass is 1810 g/mol. The van der Waals surface area contributed by atoms with Crippen LogP contribution in [0.3, 0.4) is 0 Å². The van der Waals surface area contributed by atoms with E-state index in [9.17, 15) is 0 Å². The lowest BCUT2D eigenvalue weighted by Gasteiger charge is -2.16. The largest absolute Gasteiger partial charge is 0.264 e. The Balaban J connectivity index is 0.562. The van der Waals surface area contributed by atoms with Crippen LogP contribution in [0.2, 0.25) is 0 Å². The topological polar surface area (TPSA) is 206 Å². The van der Waals surface area contributed by atoms with Gasteiger partial charge in [-0.3, -0.25) is 39.9 Å². The molecule has 26 rings (SSSR count). The highest BCUT2D eigenvalue weighted by molar-refractivity contribution is 6.18. The van der Waals surface area contributed by atoms with Crippen molar-refractivity contribution in [2.45, 2.75) is 13.8 Å². The second-order valence-electron chi connectivity index (χ2n) is 35.7. The SMILES string of the molecule is Cc1ccccc1-c1cc(-c2cccnc2)c2ccc3c(-c4cccnc4)cc(-c4ccc(-c5cc(-c6cccnc6)c6ccc7c(-c8ccc(-c9ccc(-c%10cc(-c%11ccccc%11)nc%11c%10ccc%10c(-c%12cccnc%12)cc(-c%12ccc(-c%13cc(-c%14cccnc%14)c%14ccc%15c(-c%16cccnc%16)cc(-c%16ccccc%16)nc%15c%14n%13)cc%12)nc%10%11)cn9)nc8)cc(-c8ccccc8C)nc7c6n5)cc4)nc3c2n1. The molecule has 0 spiro atoms. The Morgan fingerprint density at radius 2 is 0.317 bits per heavy atom. The van der Waals surface area contributed by atoms with E-state index >= 15 is 0 Å². The predicted molar refractivity (Wildman–Crippen MR) is 573 cm³/mol. The van der Waals surface area contributed by atoms with E-state index in [4.69, 9.17) is 49.8 Å². The van der Waals surface area contributed by atoms with Crippen LogP contribution in [0.1, 0.15) is 11.1 Å². The molecule has 16 heteroatoms. The third kappa shape index (κ3) is 15.1. The van der Waals surface area contributed by atoms with Crippen molar-refractivity contribution in [3.63, 3.8) is 0 Å². The molecule has 0 bridgehead atoms. The molecule has 16 aromatic heterocycles. The molecule has 0 aliphatic heterocycles. The van der Waals surface area contributed by atoms with E-state index in [1.807, 2.05) is 141 Å². The van der Waals surface area contributed by atoms with E-state index in [0.717, 1.165) is 277 Å². The summed E-state index contributed by atoms with van der Waals surface area (Å²) >= 11 is 0. The molecule has 0 atom stereocenters. The normalized spacial score (nSPS) is 11.6. The van der Waals surface area contributed by atoms with Gasteiger partial charge < -0.3 is 0 Å². The fourth-order valence-corrected chi connectivity index (χ4v) is 20.1. The molecule has 0 saturated heterocycles. The average molecular weight is 1820 g/mol. The zero-order valence-corrected chi connectivity index (χ0v) is 76.7.